The standard InChI is InChI=1S/C30H39BrN2O3/c1-4-7-18-32(19-8-5-2)20-9-21-33-27(23-12-10-22(6-3)11-13-23)26(29(35)30(33)36)28(34)24-14-16-25(31)17-15-24/h10-17,27,34H,4-9,18-21H2,1-3H3/t27-/m0/s1. The number of ketones is 1. The number of rotatable bonds is 13. The monoisotopic (exact) mass is 554 g/mol. The summed E-state index contributed by atoms with van der Waals surface area (Å²) in [5.74, 6) is -1.28. The molecule has 5 nitrogen and oxygen atoms in total. The van der Waals surface area contributed by atoms with Crippen LogP contribution in [0.3, 0.4) is 0 Å². The molecule has 0 aliphatic carbocycles. The van der Waals surface area contributed by atoms with E-state index in [0.717, 1.165) is 68.2 Å². The summed E-state index contributed by atoms with van der Waals surface area (Å²) in [6.45, 7) is 9.96. The number of unbranched alkanes of at least 4 members (excludes halogenated alkanes) is 2. The Balaban J connectivity index is 1.91. The predicted octanol–water partition coefficient (Wildman–Crippen LogP) is 6.73. The molecule has 0 unspecified atom stereocenters. The van der Waals surface area contributed by atoms with Gasteiger partial charge < -0.3 is 14.9 Å². The average Bonchev–Trinajstić information content (AvgIpc) is 3.15. The number of aliphatic hydroxyl groups excluding tert-OH is 1. The minimum atomic E-state index is -0.617. The predicted molar refractivity (Wildman–Crippen MR) is 150 cm³/mol. The van der Waals surface area contributed by atoms with E-state index < -0.39 is 17.7 Å². The summed E-state index contributed by atoms with van der Waals surface area (Å²) in [5.41, 5.74) is 2.72. The summed E-state index contributed by atoms with van der Waals surface area (Å²) in [4.78, 5) is 30.6. The normalized spacial score (nSPS) is 17.4. The molecular weight excluding hydrogens is 516 g/mol. The van der Waals surface area contributed by atoms with Gasteiger partial charge in [-0.05, 0) is 68.6 Å². The number of aryl methyl sites for hydroxylation is 1. The molecule has 0 aromatic heterocycles. The van der Waals surface area contributed by atoms with Crippen LogP contribution in [0.2, 0.25) is 0 Å². The zero-order valence-corrected chi connectivity index (χ0v) is 23.4. The van der Waals surface area contributed by atoms with Crippen LogP contribution in [-0.2, 0) is 16.0 Å². The first kappa shape index (κ1) is 28.1. The largest absolute Gasteiger partial charge is 0.507 e. The van der Waals surface area contributed by atoms with Crippen molar-refractivity contribution >= 4 is 33.4 Å². The highest BCUT2D eigenvalue weighted by Crippen LogP contribution is 2.39. The first-order valence-electron chi connectivity index (χ1n) is 13.3. The number of carbonyl (C=O) groups is 2. The topological polar surface area (TPSA) is 60.9 Å². The van der Waals surface area contributed by atoms with E-state index >= 15 is 0 Å². The van der Waals surface area contributed by atoms with Gasteiger partial charge in [0.1, 0.15) is 5.76 Å². The number of halogens is 1. The first-order chi connectivity index (χ1) is 17.4. The Morgan fingerprint density at radius 1 is 0.889 bits per heavy atom. The van der Waals surface area contributed by atoms with Crippen molar-refractivity contribution in [3.63, 3.8) is 0 Å². The zero-order chi connectivity index (χ0) is 26.1. The Kier molecular flexibility index (Phi) is 10.7. The quantitative estimate of drug-likeness (QED) is 0.169. The molecule has 2 aromatic rings. The van der Waals surface area contributed by atoms with Crippen molar-refractivity contribution in [3.8, 4) is 0 Å². The number of likely N-dealkylation sites (tertiary alicyclic amines) is 1. The molecule has 1 aliphatic heterocycles. The van der Waals surface area contributed by atoms with Crippen molar-refractivity contribution in [1.29, 1.82) is 0 Å². The van der Waals surface area contributed by atoms with Gasteiger partial charge in [0, 0.05) is 16.6 Å². The zero-order valence-electron chi connectivity index (χ0n) is 21.8. The van der Waals surface area contributed by atoms with Gasteiger partial charge in [-0.1, -0.05) is 85.9 Å². The number of hydrogen-bond donors (Lipinski definition) is 1. The maximum Gasteiger partial charge on any atom is 0.295 e. The molecule has 194 valence electrons. The molecule has 0 bridgehead atoms. The number of carbonyl (C=O) groups excluding carboxylic acids is 2. The van der Waals surface area contributed by atoms with Crippen molar-refractivity contribution in [2.75, 3.05) is 26.2 Å². The molecule has 6 heteroatoms. The summed E-state index contributed by atoms with van der Waals surface area (Å²) >= 11 is 3.41. The molecule has 0 saturated carbocycles. The third-order valence-corrected chi connectivity index (χ3v) is 7.42. The van der Waals surface area contributed by atoms with E-state index in [4.69, 9.17) is 0 Å². The Hall–Kier alpha value is -2.44. The lowest BCUT2D eigenvalue weighted by atomic mass is 9.94. The summed E-state index contributed by atoms with van der Waals surface area (Å²) in [7, 11) is 0. The van der Waals surface area contributed by atoms with Crippen molar-refractivity contribution < 1.29 is 14.7 Å². The van der Waals surface area contributed by atoms with Gasteiger partial charge in [0.15, 0.2) is 0 Å². The molecule has 1 N–H and O–H groups in total. The molecule has 36 heavy (non-hydrogen) atoms. The van der Waals surface area contributed by atoms with Crippen molar-refractivity contribution in [3.05, 3.63) is 75.3 Å². The van der Waals surface area contributed by atoms with Crippen LogP contribution in [0.15, 0.2) is 58.6 Å². The summed E-state index contributed by atoms with van der Waals surface area (Å²) in [5, 5.41) is 11.2. The van der Waals surface area contributed by atoms with E-state index in [9.17, 15) is 14.7 Å². The van der Waals surface area contributed by atoms with Crippen molar-refractivity contribution in [2.24, 2.45) is 0 Å². The van der Waals surface area contributed by atoms with Gasteiger partial charge in [0.2, 0.25) is 0 Å². The number of aliphatic hydroxyl groups is 1. The van der Waals surface area contributed by atoms with Crippen molar-refractivity contribution in [2.45, 2.75) is 65.3 Å². The van der Waals surface area contributed by atoms with E-state index in [0.29, 0.717) is 12.1 Å². The van der Waals surface area contributed by atoms with Gasteiger partial charge in [0.25, 0.3) is 11.7 Å². The number of benzene rings is 2. The second-order valence-electron chi connectivity index (χ2n) is 9.50. The van der Waals surface area contributed by atoms with Gasteiger partial charge >= 0.3 is 0 Å². The fourth-order valence-corrected chi connectivity index (χ4v) is 4.98. The number of nitrogens with zero attached hydrogens (tertiary/aromatic N) is 2. The maximum atomic E-state index is 13.3. The summed E-state index contributed by atoms with van der Waals surface area (Å²) in [6.07, 6.45) is 6.31. The van der Waals surface area contributed by atoms with Crippen LogP contribution in [0, 0.1) is 0 Å². The van der Waals surface area contributed by atoms with Gasteiger partial charge in [0.05, 0.1) is 11.6 Å². The second kappa shape index (κ2) is 13.8. The fourth-order valence-electron chi connectivity index (χ4n) is 4.72. The molecule has 1 amide bonds. The summed E-state index contributed by atoms with van der Waals surface area (Å²) < 4.78 is 0.877. The van der Waals surface area contributed by atoms with Crippen LogP contribution >= 0.6 is 15.9 Å². The Labute approximate surface area is 224 Å². The molecule has 1 aliphatic rings. The van der Waals surface area contributed by atoms with E-state index in [2.05, 4.69) is 41.6 Å². The lowest BCUT2D eigenvalue weighted by molar-refractivity contribution is -0.140. The van der Waals surface area contributed by atoms with Crippen LogP contribution in [0.5, 0.6) is 0 Å². The highest BCUT2D eigenvalue weighted by atomic mass is 79.9. The smallest absolute Gasteiger partial charge is 0.295 e. The molecule has 2 aromatic carbocycles. The number of hydrogen-bond acceptors (Lipinski definition) is 4. The van der Waals surface area contributed by atoms with E-state index in [-0.39, 0.29) is 11.3 Å². The van der Waals surface area contributed by atoms with Crippen LogP contribution in [0.25, 0.3) is 5.76 Å². The summed E-state index contributed by atoms with van der Waals surface area (Å²) in [6, 6.07) is 14.6. The Morgan fingerprint density at radius 3 is 2.03 bits per heavy atom. The molecule has 3 rings (SSSR count). The van der Waals surface area contributed by atoms with Gasteiger partial charge in [-0.25, -0.2) is 0 Å². The third kappa shape index (κ3) is 6.86. The second-order valence-corrected chi connectivity index (χ2v) is 10.4. The van der Waals surface area contributed by atoms with E-state index in [1.54, 1.807) is 17.0 Å². The van der Waals surface area contributed by atoms with Gasteiger partial charge in [-0.15, -0.1) is 0 Å². The number of amides is 1. The number of Topliss-reactive ketones (excluding diaryl/α,β-unsaturated/α-hetero) is 1. The maximum absolute atomic E-state index is 13.3. The Morgan fingerprint density at radius 2 is 1.47 bits per heavy atom. The highest BCUT2D eigenvalue weighted by Gasteiger charge is 2.45. The van der Waals surface area contributed by atoms with Crippen LogP contribution in [0.1, 0.15) is 75.6 Å². The third-order valence-electron chi connectivity index (χ3n) is 6.89. The lowest BCUT2D eigenvalue weighted by Gasteiger charge is -2.27. The molecule has 1 heterocycles. The van der Waals surface area contributed by atoms with E-state index in [1.165, 1.54) is 5.56 Å². The molecule has 1 saturated heterocycles. The molecule has 0 spiro atoms. The van der Waals surface area contributed by atoms with Gasteiger partial charge in [-0.2, -0.15) is 0 Å². The van der Waals surface area contributed by atoms with Crippen LogP contribution in [0.4, 0.5) is 0 Å². The fraction of sp³-hybridized carbons (Fsp3) is 0.467. The Bertz CT molecular complexity index is 1040. The molecule has 1 fully saturated rings. The molecule has 0 radical (unpaired) electrons. The minimum Gasteiger partial charge on any atom is -0.507 e. The van der Waals surface area contributed by atoms with E-state index in [1.807, 2.05) is 36.4 Å². The minimum absolute atomic E-state index is 0.125. The van der Waals surface area contributed by atoms with Crippen LogP contribution < -0.4 is 0 Å². The lowest BCUT2D eigenvalue weighted by Crippen LogP contribution is -2.34. The first-order valence-corrected chi connectivity index (χ1v) is 14.1. The van der Waals surface area contributed by atoms with Crippen molar-refractivity contribution in [1.82, 2.24) is 9.80 Å². The SMILES string of the molecule is CCCCN(CCCC)CCCN1C(=O)C(=O)C(=C(O)c2ccc(Br)cc2)[C@@H]1c1ccc(CC)cc1. The highest BCUT2D eigenvalue weighted by molar-refractivity contribution is 9.10. The average molecular weight is 556 g/mol. The van der Waals surface area contributed by atoms with Crippen LogP contribution in [-0.4, -0.2) is 52.8 Å². The molecule has 1 atom stereocenters. The molecular formula is C30H39BrN2O3. The van der Waals surface area contributed by atoms with Gasteiger partial charge in [-0.3, -0.25) is 9.59 Å².